The maximum absolute atomic E-state index is 12.5. The SMILES string of the molecule is Cc1ccc(C(=O)NC2CC2)cc1NCC(=O)NCC1(c2ccccc2)CCC1. The predicted octanol–water partition coefficient (Wildman–Crippen LogP) is 3.54. The number of hydrogen-bond donors (Lipinski definition) is 3. The van der Waals surface area contributed by atoms with Crippen LogP contribution >= 0.6 is 0 Å². The van der Waals surface area contributed by atoms with Crippen molar-refractivity contribution in [3.63, 3.8) is 0 Å². The Balaban J connectivity index is 1.32. The zero-order valence-corrected chi connectivity index (χ0v) is 17.0. The summed E-state index contributed by atoms with van der Waals surface area (Å²) in [5, 5.41) is 9.30. The largest absolute Gasteiger partial charge is 0.376 e. The molecule has 0 aliphatic heterocycles. The van der Waals surface area contributed by atoms with Gasteiger partial charge in [0, 0.05) is 29.3 Å². The zero-order valence-electron chi connectivity index (χ0n) is 17.0. The molecule has 29 heavy (non-hydrogen) atoms. The maximum atomic E-state index is 12.5. The van der Waals surface area contributed by atoms with Gasteiger partial charge >= 0.3 is 0 Å². The fourth-order valence-corrected chi connectivity index (χ4v) is 3.92. The molecule has 2 fully saturated rings. The molecule has 0 radical (unpaired) electrons. The fourth-order valence-electron chi connectivity index (χ4n) is 3.92. The second kappa shape index (κ2) is 8.27. The number of hydrogen-bond acceptors (Lipinski definition) is 3. The van der Waals surface area contributed by atoms with Crippen LogP contribution in [0.1, 0.15) is 53.6 Å². The van der Waals surface area contributed by atoms with Gasteiger partial charge in [-0.05, 0) is 55.9 Å². The van der Waals surface area contributed by atoms with Gasteiger partial charge in [-0.2, -0.15) is 0 Å². The average molecular weight is 392 g/mol. The molecule has 2 aromatic rings. The van der Waals surface area contributed by atoms with E-state index in [1.54, 1.807) is 0 Å². The van der Waals surface area contributed by atoms with Gasteiger partial charge in [0.1, 0.15) is 0 Å². The van der Waals surface area contributed by atoms with Gasteiger partial charge in [0.25, 0.3) is 5.91 Å². The number of aryl methyl sites for hydroxylation is 1. The first-order chi connectivity index (χ1) is 14.1. The summed E-state index contributed by atoms with van der Waals surface area (Å²) < 4.78 is 0. The first-order valence-electron chi connectivity index (χ1n) is 10.5. The third-order valence-corrected chi connectivity index (χ3v) is 6.17. The standard InChI is InChI=1S/C24H29N3O2/c1-17-8-9-18(23(29)27-20-10-11-20)14-21(17)25-15-22(28)26-16-24(12-5-13-24)19-6-3-2-4-7-19/h2-4,6-9,14,20,25H,5,10-13,15-16H2,1H3,(H,26,28)(H,27,29). The minimum Gasteiger partial charge on any atom is -0.376 e. The summed E-state index contributed by atoms with van der Waals surface area (Å²) in [4.78, 5) is 24.7. The molecule has 0 aromatic heterocycles. The third-order valence-electron chi connectivity index (χ3n) is 6.17. The Morgan fingerprint density at radius 2 is 1.83 bits per heavy atom. The van der Waals surface area contributed by atoms with Crippen molar-refractivity contribution >= 4 is 17.5 Å². The van der Waals surface area contributed by atoms with Crippen LogP contribution in [-0.4, -0.2) is 30.9 Å². The van der Waals surface area contributed by atoms with Gasteiger partial charge in [-0.25, -0.2) is 0 Å². The molecule has 3 N–H and O–H groups in total. The highest BCUT2D eigenvalue weighted by Crippen LogP contribution is 2.43. The van der Waals surface area contributed by atoms with Gasteiger partial charge in [0.2, 0.25) is 5.91 Å². The summed E-state index contributed by atoms with van der Waals surface area (Å²) >= 11 is 0. The average Bonchev–Trinajstić information content (AvgIpc) is 3.51. The molecular weight excluding hydrogens is 362 g/mol. The normalized spacial score (nSPS) is 17.1. The summed E-state index contributed by atoms with van der Waals surface area (Å²) in [6.45, 7) is 2.83. The molecule has 4 rings (SSSR count). The molecule has 2 amide bonds. The molecule has 5 heteroatoms. The lowest BCUT2D eigenvalue weighted by Gasteiger charge is -2.42. The van der Waals surface area contributed by atoms with Crippen LogP contribution in [0.4, 0.5) is 5.69 Å². The Labute approximate surface area is 172 Å². The molecule has 2 aliphatic carbocycles. The Morgan fingerprint density at radius 3 is 2.48 bits per heavy atom. The van der Waals surface area contributed by atoms with Crippen molar-refractivity contribution in [2.45, 2.75) is 50.5 Å². The second-order valence-electron chi connectivity index (χ2n) is 8.41. The predicted molar refractivity (Wildman–Crippen MR) is 115 cm³/mol. The molecule has 0 spiro atoms. The van der Waals surface area contributed by atoms with E-state index in [0.717, 1.165) is 36.9 Å². The van der Waals surface area contributed by atoms with Crippen molar-refractivity contribution in [1.82, 2.24) is 10.6 Å². The molecule has 0 atom stereocenters. The number of carbonyl (C=O) groups is 2. The van der Waals surface area contributed by atoms with Crippen LogP contribution in [0.25, 0.3) is 0 Å². The van der Waals surface area contributed by atoms with E-state index in [0.29, 0.717) is 18.2 Å². The van der Waals surface area contributed by atoms with Crippen LogP contribution in [0.15, 0.2) is 48.5 Å². The van der Waals surface area contributed by atoms with E-state index in [9.17, 15) is 9.59 Å². The summed E-state index contributed by atoms with van der Waals surface area (Å²) in [6, 6.07) is 16.4. The topological polar surface area (TPSA) is 70.2 Å². The zero-order chi connectivity index (χ0) is 20.3. The molecule has 0 heterocycles. The van der Waals surface area contributed by atoms with Crippen LogP contribution < -0.4 is 16.0 Å². The molecule has 2 saturated carbocycles. The first-order valence-corrected chi connectivity index (χ1v) is 10.5. The number of carbonyl (C=O) groups excluding carboxylic acids is 2. The van der Waals surface area contributed by atoms with E-state index in [-0.39, 0.29) is 23.8 Å². The van der Waals surface area contributed by atoms with Gasteiger partial charge in [-0.15, -0.1) is 0 Å². The van der Waals surface area contributed by atoms with E-state index in [1.807, 2.05) is 31.2 Å². The van der Waals surface area contributed by atoms with Crippen molar-refractivity contribution in [2.24, 2.45) is 0 Å². The summed E-state index contributed by atoms with van der Waals surface area (Å²) in [6.07, 6.45) is 5.56. The first kappa shape index (κ1) is 19.5. The smallest absolute Gasteiger partial charge is 0.251 e. The fraction of sp³-hybridized carbons (Fsp3) is 0.417. The van der Waals surface area contributed by atoms with Crippen LogP contribution in [0.2, 0.25) is 0 Å². The summed E-state index contributed by atoms with van der Waals surface area (Å²) in [5.74, 6) is -0.0748. The van der Waals surface area contributed by atoms with E-state index in [1.165, 1.54) is 12.0 Å². The molecule has 0 saturated heterocycles. The Bertz CT molecular complexity index is 886. The van der Waals surface area contributed by atoms with Gasteiger partial charge < -0.3 is 16.0 Å². The van der Waals surface area contributed by atoms with Crippen LogP contribution in [0, 0.1) is 6.92 Å². The van der Waals surface area contributed by atoms with Crippen LogP contribution in [0.3, 0.4) is 0 Å². The lowest BCUT2D eigenvalue weighted by atomic mass is 9.64. The quantitative estimate of drug-likeness (QED) is 0.645. The highest BCUT2D eigenvalue weighted by Gasteiger charge is 2.38. The molecule has 152 valence electrons. The van der Waals surface area contributed by atoms with E-state index >= 15 is 0 Å². The maximum Gasteiger partial charge on any atom is 0.251 e. The molecule has 0 unspecified atom stereocenters. The highest BCUT2D eigenvalue weighted by atomic mass is 16.2. The van der Waals surface area contributed by atoms with Crippen molar-refractivity contribution in [1.29, 1.82) is 0 Å². The van der Waals surface area contributed by atoms with Crippen molar-refractivity contribution in [2.75, 3.05) is 18.4 Å². The van der Waals surface area contributed by atoms with Crippen molar-refractivity contribution in [3.8, 4) is 0 Å². The molecular formula is C24H29N3O2. The third kappa shape index (κ3) is 4.61. The highest BCUT2D eigenvalue weighted by molar-refractivity contribution is 5.96. The van der Waals surface area contributed by atoms with E-state index in [4.69, 9.17) is 0 Å². The minimum absolute atomic E-state index is 0.0283. The van der Waals surface area contributed by atoms with E-state index in [2.05, 4.69) is 40.2 Å². The van der Waals surface area contributed by atoms with Crippen LogP contribution in [0.5, 0.6) is 0 Å². The minimum atomic E-state index is -0.0465. The number of rotatable bonds is 8. The second-order valence-corrected chi connectivity index (χ2v) is 8.41. The summed E-state index contributed by atoms with van der Waals surface area (Å²) in [5.41, 5.74) is 3.85. The molecule has 0 bridgehead atoms. The van der Waals surface area contributed by atoms with Gasteiger partial charge in [-0.1, -0.05) is 42.8 Å². The molecule has 2 aliphatic rings. The van der Waals surface area contributed by atoms with Gasteiger partial charge in [-0.3, -0.25) is 9.59 Å². The number of benzene rings is 2. The van der Waals surface area contributed by atoms with Crippen LogP contribution in [-0.2, 0) is 10.2 Å². The lowest BCUT2D eigenvalue weighted by Crippen LogP contribution is -2.46. The number of amides is 2. The van der Waals surface area contributed by atoms with Crippen molar-refractivity contribution < 1.29 is 9.59 Å². The number of nitrogens with one attached hydrogen (secondary N) is 3. The monoisotopic (exact) mass is 391 g/mol. The van der Waals surface area contributed by atoms with Gasteiger partial charge in [0.05, 0.1) is 6.54 Å². The Morgan fingerprint density at radius 1 is 1.07 bits per heavy atom. The van der Waals surface area contributed by atoms with E-state index < -0.39 is 0 Å². The lowest BCUT2D eigenvalue weighted by molar-refractivity contribution is -0.119. The Hall–Kier alpha value is -2.82. The summed E-state index contributed by atoms with van der Waals surface area (Å²) in [7, 11) is 0. The van der Waals surface area contributed by atoms with Gasteiger partial charge in [0.15, 0.2) is 0 Å². The Kier molecular flexibility index (Phi) is 5.56. The van der Waals surface area contributed by atoms with Crippen molar-refractivity contribution in [3.05, 3.63) is 65.2 Å². The molecule has 2 aromatic carbocycles. The number of anilines is 1. The molecule has 5 nitrogen and oxygen atoms in total.